The van der Waals surface area contributed by atoms with Crippen molar-refractivity contribution in [3.05, 3.63) is 35.4 Å². The first kappa shape index (κ1) is 31.9. The van der Waals surface area contributed by atoms with E-state index in [1.807, 2.05) is 58.2 Å². The van der Waals surface area contributed by atoms with Crippen molar-refractivity contribution in [1.82, 2.24) is 19.8 Å². The molecular formula is C30H45N5O6. The van der Waals surface area contributed by atoms with Crippen LogP contribution in [0.15, 0.2) is 24.4 Å². The zero-order chi connectivity index (χ0) is 30.4. The fourth-order valence-electron chi connectivity index (χ4n) is 5.08. The lowest BCUT2D eigenvalue weighted by Gasteiger charge is -2.33. The number of carboxylic acid groups (broad SMARTS) is 1. The van der Waals surface area contributed by atoms with Crippen LogP contribution in [0.4, 0.5) is 4.79 Å². The fraction of sp³-hybridized carbons (Fsp3) is 0.600. The van der Waals surface area contributed by atoms with E-state index in [2.05, 4.69) is 5.32 Å². The molecule has 0 aliphatic carbocycles. The maximum Gasteiger partial charge on any atom is 0.407 e. The Hall–Kier alpha value is -3.60. The average Bonchev–Trinajstić information content (AvgIpc) is 3.18. The number of amides is 2. The highest BCUT2D eigenvalue weighted by atomic mass is 16.5. The molecule has 3 rings (SSSR count). The molecule has 0 saturated heterocycles. The van der Waals surface area contributed by atoms with E-state index >= 15 is 0 Å². The lowest BCUT2D eigenvalue weighted by Crippen LogP contribution is -2.45. The molecule has 0 radical (unpaired) electrons. The van der Waals surface area contributed by atoms with E-state index in [1.54, 1.807) is 6.07 Å². The van der Waals surface area contributed by atoms with Crippen LogP contribution >= 0.6 is 0 Å². The predicted molar refractivity (Wildman–Crippen MR) is 158 cm³/mol. The molecule has 2 amide bonds. The molecular weight excluding hydrogens is 526 g/mol. The molecule has 11 nitrogen and oxygen atoms in total. The molecule has 11 heteroatoms. The van der Waals surface area contributed by atoms with Gasteiger partial charge < -0.3 is 34.6 Å². The van der Waals surface area contributed by atoms with E-state index in [0.29, 0.717) is 48.9 Å². The Morgan fingerprint density at radius 3 is 2.49 bits per heavy atom. The first-order chi connectivity index (χ1) is 19.2. The van der Waals surface area contributed by atoms with E-state index in [4.69, 9.17) is 14.5 Å². The van der Waals surface area contributed by atoms with Crippen molar-refractivity contribution in [2.75, 3.05) is 19.8 Å². The molecule has 3 aromatic rings. The highest BCUT2D eigenvalue weighted by Gasteiger charge is 2.26. The molecule has 2 aromatic heterocycles. The van der Waals surface area contributed by atoms with Gasteiger partial charge in [-0.15, -0.1) is 0 Å². The zero-order valence-corrected chi connectivity index (χ0v) is 25.5. The van der Waals surface area contributed by atoms with Gasteiger partial charge in [0.05, 0.1) is 29.1 Å². The highest BCUT2D eigenvalue weighted by Crippen LogP contribution is 2.28. The minimum Gasteiger partial charge on any atom is -0.618 e. The van der Waals surface area contributed by atoms with Gasteiger partial charge in [-0.25, -0.2) is 9.78 Å². The van der Waals surface area contributed by atoms with Crippen LogP contribution in [0.3, 0.4) is 0 Å². The Morgan fingerprint density at radius 2 is 1.85 bits per heavy atom. The molecule has 226 valence electrons. The number of benzene rings is 1. The lowest BCUT2D eigenvalue weighted by atomic mass is 10.1. The lowest BCUT2D eigenvalue weighted by molar-refractivity contribution is -0.575. The molecule has 0 spiro atoms. The van der Waals surface area contributed by atoms with Crippen LogP contribution in [0, 0.1) is 5.21 Å². The first-order valence-electron chi connectivity index (χ1n) is 14.3. The van der Waals surface area contributed by atoms with Gasteiger partial charge in [0.25, 0.3) is 0 Å². The molecule has 0 fully saturated rings. The average molecular weight is 572 g/mol. The molecule has 2 N–H and O–H groups in total. The van der Waals surface area contributed by atoms with Crippen molar-refractivity contribution < 1.29 is 28.9 Å². The van der Waals surface area contributed by atoms with Crippen LogP contribution in [0.5, 0.6) is 5.75 Å². The van der Waals surface area contributed by atoms with Gasteiger partial charge in [0.1, 0.15) is 18.2 Å². The Balaban J connectivity index is 1.74. The summed E-state index contributed by atoms with van der Waals surface area (Å²) in [7, 11) is 0. The molecule has 2 heterocycles. The Morgan fingerprint density at radius 1 is 1.15 bits per heavy atom. The van der Waals surface area contributed by atoms with E-state index in [9.17, 15) is 19.9 Å². The third kappa shape index (κ3) is 8.45. The van der Waals surface area contributed by atoms with Crippen molar-refractivity contribution in [1.29, 1.82) is 0 Å². The molecule has 0 bridgehead atoms. The van der Waals surface area contributed by atoms with Crippen molar-refractivity contribution in [3.63, 3.8) is 0 Å². The number of carbonyl (C=O) groups is 2. The fourth-order valence-corrected chi connectivity index (χ4v) is 5.08. The van der Waals surface area contributed by atoms with Gasteiger partial charge >= 0.3 is 6.09 Å². The second kappa shape index (κ2) is 13.4. The van der Waals surface area contributed by atoms with E-state index in [-0.39, 0.29) is 12.5 Å². The van der Waals surface area contributed by atoms with Gasteiger partial charge in [0, 0.05) is 32.2 Å². The standard InChI is InChI=1S/C30H45N5O6/c1-8-40-19-26-31-24-18-35(39)25-17-22(41-16-12-10-9-11-15-34(28(37)38)29(3,4)5)13-14-23(25)27(24)33(26)20-30(6,7)32-21(2)36/h13-14,17-18H,8-12,15-16,19-20H2,1-7H3,(H,32,36)(H,37,38). The van der Waals surface area contributed by atoms with Gasteiger partial charge in [-0.3, -0.25) is 4.79 Å². The number of pyridine rings is 1. The highest BCUT2D eigenvalue weighted by molar-refractivity contribution is 6.01. The number of nitrogens with one attached hydrogen (secondary N) is 1. The summed E-state index contributed by atoms with van der Waals surface area (Å²) >= 11 is 0. The number of hydrogen-bond donors (Lipinski definition) is 2. The van der Waals surface area contributed by atoms with Gasteiger partial charge in [-0.05, 0) is 66.5 Å². The number of carbonyl (C=O) groups excluding carboxylic acids is 1. The number of hydrogen-bond acceptors (Lipinski definition) is 6. The van der Waals surface area contributed by atoms with Crippen molar-refractivity contribution in [2.24, 2.45) is 0 Å². The van der Waals surface area contributed by atoms with Gasteiger partial charge in [-0.1, -0.05) is 12.8 Å². The Labute approximate surface area is 242 Å². The molecule has 41 heavy (non-hydrogen) atoms. The van der Waals surface area contributed by atoms with Crippen molar-refractivity contribution in [3.8, 4) is 5.75 Å². The van der Waals surface area contributed by atoms with E-state index in [1.165, 1.54) is 18.0 Å². The molecule has 0 aliphatic heterocycles. The molecule has 0 saturated carbocycles. The summed E-state index contributed by atoms with van der Waals surface area (Å²) in [5, 5.41) is 26.2. The minimum absolute atomic E-state index is 0.123. The Kier molecular flexibility index (Phi) is 10.4. The number of rotatable bonds is 14. The van der Waals surface area contributed by atoms with Crippen LogP contribution < -0.4 is 14.8 Å². The largest absolute Gasteiger partial charge is 0.618 e. The van der Waals surface area contributed by atoms with Gasteiger partial charge in [0.2, 0.25) is 17.6 Å². The van der Waals surface area contributed by atoms with Crippen LogP contribution in [0.2, 0.25) is 0 Å². The first-order valence-corrected chi connectivity index (χ1v) is 14.3. The summed E-state index contributed by atoms with van der Waals surface area (Å²) in [6.07, 6.45) is 4.01. The molecule has 0 unspecified atom stereocenters. The van der Waals surface area contributed by atoms with E-state index < -0.39 is 17.2 Å². The second-order valence-electron chi connectivity index (χ2n) is 12.1. The molecule has 0 aliphatic rings. The van der Waals surface area contributed by atoms with Crippen LogP contribution in [0.1, 0.15) is 80.0 Å². The van der Waals surface area contributed by atoms with E-state index in [0.717, 1.165) is 41.3 Å². The second-order valence-corrected chi connectivity index (χ2v) is 12.1. The normalized spacial score (nSPS) is 12.2. The van der Waals surface area contributed by atoms with Gasteiger partial charge in [-0.2, -0.15) is 4.73 Å². The minimum atomic E-state index is -0.893. The zero-order valence-electron chi connectivity index (χ0n) is 25.5. The summed E-state index contributed by atoms with van der Waals surface area (Å²) < 4.78 is 14.5. The summed E-state index contributed by atoms with van der Waals surface area (Å²) in [6.45, 7) is 15.3. The van der Waals surface area contributed by atoms with Crippen LogP contribution in [-0.2, 0) is 22.7 Å². The summed E-state index contributed by atoms with van der Waals surface area (Å²) in [4.78, 5) is 29.5. The van der Waals surface area contributed by atoms with Crippen molar-refractivity contribution >= 4 is 33.9 Å². The smallest absolute Gasteiger partial charge is 0.407 e. The maximum absolute atomic E-state index is 13.0. The SMILES string of the molecule is CCOCc1nc2c[n+]([O-])c3cc(OCCCCCCN(C(=O)O)C(C)(C)C)ccc3c2n1CC(C)(C)NC(C)=O. The third-order valence-corrected chi connectivity index (χ3v) is 6.86. The monoisotopic (exact) mass is 571 g/mol. The number of ether oxygens (including phenoxy) is 2. The molecule has 0 atom stereocenters. The maximum atomic E-state index is 13.0. The topological polar surface area (TPSA) is 133 Å². The summed E-state index contributed by atoms with van der Waals surface area (Å²) in [5.74, 6) is 1.16. The number of fused-ring (bicyclic) bond motifs is 3. The number of unbranched alkanes of at least 4 members (excludes halogenated alkanes) is 3. The van der Waals surface area contributed by atoms with Crippen LogP contribution in [0.25, 0.3) is 21.9 Å². The number of imidazole rings is 1. The predicted octanol–water partition coefficient (Wildman–Crippen LogP) is 4.99. The summed E-state index contributed by atoms with van der Waals surface area (Å²) in [5.41, 5.74) is 0.851. The third-order valence-electron chi connectivity index (χ3n) is 6.86. The quantitative estimate of drug-likeness (QED) is 0.158. The number of aromatic nitrogens is 3. The Bertz CT molecular complexity index is 1360. The van der Waals surface area contributed by atoms with Gasteiger partial charge in [0.15, 0.2) is 5.52 Å². The summed E-state index contributed by atoms with van der Waals surface area (Å²) in [6, 6.07) is 5.48. The molecule has 1 aromatic carbocycles. The van der Waals surface area contributed by atoms with Crippen molar-refractivity contribution in [2.45, 2.75) is 98.4 Å². The van der Waals surface area contributed by atoms with Crippen LogP contribution in [-0.4, -0.2) is 62.4 Å². The number of nitrogens with zero attached hydrogens (tertiary/aromatic N) is 4.